The van der Waals surface area contributed by atoms with E-state index in [4.69, 9.17) is 22.1 Å². The van der Waals surface area contributed by atoms with Gasteiger partial charge in [-0.25, -0.2) is 4.79 Å². The number of nitrogens with zero attached hydrogens (tertiary/aromatic N) is 1. The Kier molecular flexibility index (Phi) is 10.1. The number of nitrogens with one attached hydrogen (secondary N) is 2. The summed E-state index contributed by atoms with van der Waals surface area (Å²) in [7, 11) is 0. The summed E-state index contributed by atoms with van der Waals surface area (Å²) < 4.78 is 5.26. The number of para-hydroxylation sites is 1. The van der Waals surface area contributed by atoms with E-state index in [0.717, 1.165) is 11.1 Å². The lowest BCUT2D eigenvalue weighted by atomic mass is 10.00. The van der Waals surface area contributed by atoms with Crippen molar-refractivity contribution >= 4 is 41.1 Å². The van der Waals surface area contributed by atoms with Crippen molar-refractivity contribution in [3.05, 3.63) is 64.2 Å². The van der Waals surface area contributed by atoms with E-state index in [1.165, 1.54) is 4.90 Å². The van der Waals surface area contributed by atoms with Crippen molar-refractivity contribution in [1.82, 2.24) is 10.2 Å². The van der Waals surface area contributed by atoms with Crippen LogP contribution in [0.1, 0.15) is 56.8 Å². The van der Waals surface area contributed by atoms with Gasteiger partial charge in [0.05, 0.1) is 17.1 Å². The third-order valence-electron chi connectivity index (χ3n) is 5.41. The number of rotatable bonds is 9. The number of carbonyl (C=O) groups excluding carboxylic acids is 4. The summed E-state index contributed by atoms with van der Waals surface area (Å²) in [5.74, 6) is -1.97. The Morgan fingerprint density at radius 1 is 1.08 bits per heavy atom. The van der Waals surface area contributed by atoms with Crippen LogP contribution in [0.5, 0.6) is 0 Å². The number of anilines is 1. The Morgan fingerprint density at radius 2 is 1.73 bits per heavy atom. The summed E-state index contributed by atoms with van der Waals surface area (Å²) >= 11 is 6.34. The average molecular weight is 531 g/mol. The molecule has 4 N–H and O–H groups in total. The number of nitrogens with two attached hydrogens (primary N) is 1. The highest BCUT2D eigenvalue weighted by atomic mass is 35.5. The smallest absolute Gasteiger partial charge is 0.408 e. The Labute approximate surface area is 222 Å². The average Bonchev–Trinajstić information content (AvgIpc) is 2.77. The first-order valence-corrected chi connectivity index (χ1v) is 12.3. The molecule has 2 unspecified atom stereocenters. The molecule has 10 heteroatoms. The number of hydrogen-bond acceptors (Lipinski definition) is 5. The number of ether oxygens (including phenoxy) is 1. The predicted octanol–water partition coefficient (Wildman–Crippen LogP) is 4.25. The first kappa shape index (κ1) is 29.6. The van der Waals surface area contributed by atoms with Crippen LogP contribution in [0.15, 0.2) is 42.5 Å². The molecule has 0 aliphatic carbocycles. The number of halogens is 1. The van der Waals surface area contributed by atoms with Crippen molar-refractivity contribution in [2.45, 2.75) is 65.6 Å². The summed E-state index contributed by atoms with van der Waals surface area (Å²) in [6.45, 7) is 10.5. The van der Waals surface area contributed by atoms with Crippen molar-refractivity contribution in [2.24, 2.45) is 5.73 Å². The van der Waals surface area contributed by atoms with E-state index in [9.17, 15) is 19.2 Å². The van der Waals surface area contributed by atoms with E-state index in [1.807, 2.05) is 13.0 Å². The monoisotopic (exact) mass is 530 g/mol. The minimum atomic E-state index is -1.34. The number of carbonyl (C=O) groups is 4. The Balaban J connectivity index is 2.50. The highest BCUT2D eigenvalue weighted by Crippen LogP contribution is 2.29. The number of hydrogen-bond donors (Lipinski definition) is 3. The third kappa shape index (κ3) is 8.49. The maximum atomic E-state index is 13.7. The minimum Gasteiger partial charge on any atom is -0.444 e. The topological polar surface area (TPSA) is 131 Å². The Morgan fingerprint density at radius 3 is 2.27 bits per heavy atom. The van der Waals surface area contributed by atoms with Gasteiger partial charge >= 0.3 is 6.09 Å². The molecule has 2 aromatic carbocycles. The standard InChI is InChI=1S/C27H35ClN4O5/c1-7-32(25(35)20(15-21(29)33)30-26(36)37-27(4,5)6)23(18-12-8-10-16(2)14-18)24(34)31-22-17(3)11-9-13-19(22)28/h8-14,20,23H,7,15H2,1-6H3,(H2,29,33)(H,30,36)(H,31,34). The van der Waals surface area contributed by atoms with E-state index in [0.29, 0.717) is 16.3 Å². The van der Waals surface area contributed by atoms with Gasteiger partial charge in [-0.05, 0) is 58.7 Å². The highest BCUT2D eigenvalue weighted by Gasteiger charge is 2.36. The summed E-state index contributed by atoms with van der Waals surface area (Å²) in [5, 5.41) is 5.64. The number of amides is 4. The molecule has 37 heavy (non-hydrogen) atoms. The lowest BCUT2D eigenvalue weighted by Gasteiger charge is -2.33. The molecule has 2 rings (SSSR count). The molecule has 0 aliphatic heterocycles. The molecule has 200 valence electrons. The van der Waals surface area contributed by atoms with Crippen LogP contribution in [0.3, 0.4) is 0 Å². The number of primary amides is 1. The molecule has 4 amide bonds. The van der Waals surface area contributed by atoms with Crippen LogP contribution in [0.25, 0.3) is 0 Å². The molecular formula is C27H35ClN4O5. The largest absolute Gasteiger partial charge is 0.444 e. The van der Waals surface area contributed by atoms with Gasteiger partial charge in [-0.1, -0.05) is 53.6 Å². The van der Waals surface area contributed by atoms with Crippen molar-refractivity contribution in [1.29, 1.82) is 0 Å². The number of likely N-dealkylation sites (N-methyl/N-ethyl adjacent to an activating group) is 1. The predicted molar refractivity (Wildman–Crippen MR) is 143 cm³/mol. The van der Waals surface area contributed by atoms with Crippen LogP contribution in [-0.2, 0) is 19.1 Å². The second-order valence-corrected chi connectivity index (χ2v) is 10.1. The Hall–Kier alpha value is -3.59. The van der Waals surface area contributed by atoms with Crippen molar-refractivity contribution in [2.75, 3.05) is 11.9 Å². The van der Waals surface area contributed by atoms with E-state index >= 15 is 0 Å². The maximum Gasteiger partial charge on any atom is 0.408 e. The van der Waals surface area contributed by atoms with Gasteiger partial charge in [0.15, 0.2) is 0 Å². The summed E-state index contributed by atoms with van der Waals surface area (Å²) in [6, 6.07) is 9.98. The second-order valence-electron chi connectivity index (χ2n) is 9.73. The molecule has 0 spiro atoms. The molecule has 0 heterocycles. The Bertz CT molecular complexity index is 1140. The zero-order valence-electron chi connectivity index (χ0n) is 22.1. The van der Waals surface area contributed by atoms with Crippen molar-refractivity contribution in [3.63, 3.8) is 0 Å². The van der Waals surface area contributed by atoms with Gasteiger partial charge in [-0.3, -0.25) is 14.4 Å². The van der Waals surface area contributed by atoms with Crippen LogP contribution in [0.2, 0.25) is 5.02 Å². The van der Waals surface area contributed by atoms with Crippen LogP contribution in [-0.4, -0.2) is 46.9 Å². The maximum absolute atomic E-state index is 13.7. The van der Waals surface area contributed by atoms with Crippen LogP contribution < -0.4 is 16.4 Å². The van der Waals surface area contributed by atoms with Gasteiger partial charge < -0.3 is 26.0 Å². The molecule has 0 saturated carbocycles. The molecule has 9 nitrogen and oxygen atoms in total. The molecule has 0 saturated heterocycles. The second kappa shape index (κ2) is 12.6. The van der Waals surface area contributed by atoms with E-state index in [-0.39, 0.29) is 6.54 Å². The first-order valence-electron chi connectivity index (χ1n) is 11.9. The number of benzene rings is 2. The molecule has 0 bridgehead atoms. The van der Waals surface area contributed by atoms with Gasteiger partial charge in [0.1, 0.15) is 17.7 Å². The molecule has 0 aliphatic rings. The fourth-order valence-electron chi connectivity index (χ4n) is 3.81. The number of alkyl carbamates (subject to hydrolysis) is 1. The van der Waals surface area contributed by atoms with Crippen molar-refractivity contribution < 1.29 is 23.9 Å². The number of aryl methyl sites for hydroxylation is 2. The third-order valence-corrected chi connectivity index (χ3v) is 5.72. The minimum absolute atomic E-state index is 0.0949. The molecule has 0 radical (unpaired) electrons. The quantitative estimate of drug-likeness (QED) is 0.446. The van der Waals surface area contributed by atoms with Gasteiger partial charge in [0.25, 0.3) is 5.91 Å². The van der Waals surface area contributed by atoms with Gasteiger partial charge in [0.2, 0.25) is 11.8 Å². The molecule has 0 fully saturated rings. The first-order chi connectivity index (χ1) is 17.2. The zero-order chi connectivity index (χ0) is 27.9. The zero-order valence-corrected chi connectivity index (χ0v) is 22.8. The van der Waals surface area contributed by atoms with E-state index in [1.54, 1.807) is 71.0 Å². The highest BCUT2D eigenvalue weighted by molar-refractivity contribution is 6.34. The molecule has 0 aromatic heterocycles. The van der Waals surface area contributed by atoms with Gasteiger partial charge in [0, 0.05) is 6.54 Å². The SMILES string of the molecule is CCN(C(=O)C(CC(N)=O)NC(=O)OC(C)(C)C)C(C(=O)Nc1c(C)cccc1Cl)c1cccc(C)c1. The summed E-state index contributed by atoms with van der Waals surface area (Å²) in [5.41, 5.74) is 7.16. The van der Waals surface area contributed by atoms with Crippen LogP contribution >= 0.6 is 11.6 Å². The summed E-state index contributed by atoms with van der Waals surface area (Å²) in [6.07, 6.45) is -1.35. The fourth-order valence-corrected chi connectivity index (χ4v) is 4.08. The van der Waals surface area contributed by atoms with E-state index in [2.05, 4.69) is 10.6 Å². The van der Waals surface area contributed by atoms with Gasteiger partial charge in [-0.15, -0.1) is 0 Å². The van der Waals surface area contributed by atoms with Crippen LogP contribution in [0, 0.1) is 13.8 Å². The van der Waals surface area contributed by atoms with E-state index < -0.39 is 47.9 Å². The normalized spacial score (nSPS) is 12.7. The lowest BCUT2D eigenvalue weighted by Crippen LogP contribution is -2.53. The van der Waals surface area contributed by atoms with Gasteiger partial charge in [-0.2, -0.15) is 0 Å². The summed E-state index contributed by atoms with van der Waals surface area (Å²) in [4.78, 5) is 53.0. The van der Waals surface area contributed by atoms with Crippen molar-refractivity contribution in [3.8, 4) is 0 Å². The molecule has 2 atom stereocenters. The lowest BCUT2D eigenvalue weighted by molar-refractivity contribution is -0.141. The van der Waals surface area contributed by atoms with Crippen LogP contribution in [0.4, 0.5) is 10.5 Å². The molecular weight excluding hydrogens is 496 g/mol. The molecule has 2 aromatic rings. The fraction of sp³-hybridized carbons (Fsp3) is 0.407.